The lowest BCUT2D eigenvalue weighted by Crippen LogP contribution is -2.43. The van der Waals surface area contributed by atoms with Gasteiger partial charge in [-0.15, -0.1) is 13.2 Å². The van der Waals surface area contributed by atoms with Gasteiger partial charge in [0.1, 0.15) is 0 Å². The topological polar surface area (TPSA) is 29.5 Å². The summed E-state index contributed by atoms with van der Waals surface area (Å²) in [6.07, 6.45) is 0.175. The first-order valence-electron chi connectivity index (χ1n) is 5.95. The SMILES string of the molecule is O=C(OC(F)(F)F)N1CCC2(CCCC2)CC1. The van der Waals surface area contributed by atoms with E-state index in [4.69, 9.17) is 0 Å². The predicted octanol–water partition coefficient (Wildman–Crippen LogP) is 3.30. The maximum atomic E-state index is 11.9. The summed E-state index contributed by atoms with van der Waals surface area (Å²) in [5.74, 6) is 0. The molecule has 2 aliphatic rings. The number of halogens is 3. The van der Waals surface area contributed by atoms with E-state index in [9.17, 15) is 18.0 Å². The van der Waals surface area contributed by atoms with Gasteiger partial charge in [-0.05, 0) is 31.1 Å². The normalized spacial score (nSPS) is 24.1. The summed E-state index contributed by atoms with van der Waals surface area (Å²) >= 11 is 0. The molecule has 0 unspecified atom stereocenters. The highest BCUT2D eigenvalue weighted by atomic mass is 19.4. The lowest BCUT2D eigenvalue weighted by Gasteiger charge is -2.38. The van der Waals surface area contributed by atoms with Crippen molar-refractivity contribution in [2.24, 2.45) is 5.41 Å². The molecule has 0 N–H and O–H groups in total. The van der Waals surface area contributed by atoms with Crippen LogP contribution in [0, 0.1) is 5.41 Å². The van der Waals surface area contributed by atoms with E-state index < -0.39 is 12.5 Å². The second kappa shape index (κ2) is 4.38. The Balaban J connectivity index is 1.84. The molecule has 0 radical (unpaired) electrons. The number of nitrogens with zero attached hydrogens (tertiary/aromatic N) is 1. The van der Waals surface area contributed by atoms with Crippen LogP contribution >= 0.6 is 0 Å². The molecule has 17 heavy (non-hydrogen) atoms. The average molecular weight is 251 g/mol. The van der Waals surface area contributed by atoms with Crippen LogP contribution in [0.3, 0.4) is 0 Å². The Morgan fingerprint density at radius 3 is 2.06 bits per heavy atom. The van der Waals surface area contributed by atoms with Crippen LogP contribution in [0.5, 0.6) is 0 Å². The summed E-state index contributed by atoms with van der Waals surface area (Å²) < 4.78 is 39.1. The Labute approximate surface area is 97.9 Å². The number of hydrogen-bond donors (Lipinski definition) is 0. The molecule has 1 aliphatic carbocycles. The van der Waals surface area contributed by atoms with Crippen molar-refractivity contribution in [3.8, 4) is 0 Å². The molecule has 0 atom stereocenters. The monoisotopic (exact) mass is 251 g/mol. The molecule has 0 aromatic carbocycles. The molecule has 1 heterocycles. The van der Waals surface area contributed by atoms with Gasteiger partial charge < -0.3 is 9.64 Å². The van der Waals surface area contributed by atoms with E-state index in [1.54, 1.807) is 0 Å². The van der Waals surface area contributed by atoms with Gasteiger partial charge in [-0.2, -0.15) is 0 Å². The van der Waals surface area contributed by atoms with Gasteiger partial charge in [0.15, 0.2) is 0 Å². The Morgan fingerprint density at radius 2 is 1.59 bits per heavy atom. The fourth-order valence-corrected chi connectivity index (χ4v) is 2.95. The first-order chi connectivity index (χ1) is 7.90. The van der Waals surface area contributed by atoms with E-state index in [0.29, 0.717) is 13.1 Å². The maximum Gasteiger partial charge on any atom is 0.576 e. The molecular formula is C11H16F3NO2. The van der Waals surface area contributed by atoms with Gasteiger partial charge in [0, 0.05) is 13.1 Å². The quantitative estimate of drug-likeness (QED) is 0.661. The molecule has 6 heteroatoms. The summed E-state index contributed by atoms with van der Waals surface area (Å²) in [6, 6.07) is 0. The molecule has 1 aliphatic heterocycles. The highest BCUT2D eigenvalue weighted by Gasteiger charge is 2.41. The van der Waals surface area contributed by atoms with Crippen molar-refractivity contribution in [2.45, 2.75) is 44.9 Å². The number of carbonyl (C=O) groups excluding carboxylic acids is 1. The Bertz CT molecular complexity index is 288. The number of rotatable bonds is 0. The van der Waals surface area contributed by atoms with Gasteiger partial charge in [-0.3, -0.25) is 0 Å². The van der Waals surface area contributed by atoms with E-state index in [0.717, 1.165) is 30.6 Å². The van der Waals surface area contributed by atoms with Crippen LogP contribution < -0.4 is 0 Å². The number of hydrogen-bond acceptors (Lipinski definition) is 2. The van der Waals surface area contributed by atoms with Crippen LogP contribution in [0.15, 0.2) is 0 Å². The standard InChI is InChI=1S/C11H16F3NO2/c12-11(13,14)17-9(16)15-7-5-10(6-8-15)3-1-2-4-10/h1-8H2. The van der Waals surface area contributed by atoms with Crippen molar-refractivity contribution in [1.29, 1.82) is 0 Å². The second-order valence-electron chi connectivity index (χ2n) is 5.01. The van der Waals surface area contributed by atoms with Crippen LogP contribution in [0.1, 0.15) is 38.5 Å². The molecule has 0 bridgehead atoms. The molecule has 1 saturated carbocycles. The average Bonchev–Trinajstić information content (AvgIpc) is 2.65. The highest BCUT2D eigenvalue weighted by Crippen LogP contribution is 2.46. The number of alkyl halides is 3. The molecule has 0 aromatic rings. The van der Waals surface area contributed by atoms with Crippen LogP contribution in [0.4, 0.5) is 18.0 Å². The van der Waals surface area contributed by atoms with Crippen molar-refractivity contribution >= 4 is 6.09 Å². The molecule has 3 nitrogen and oxygen atoms in total. The van der Waals surface area contributed by atoms with Crippen LogP contribution in [-0.4, -0.2) is 30.4 Å². The van der Waals surface area contributed by atoms with Crippen molar-refractivity contribution in [3.63, 3.8) is 0 Å². The minimum atomic E-state index is -4.88. The van der Waals surface area contributed by atoms with Crippen LogP contribution in [0.2, 0.25) is 0 Å². The van der Waals surface area contributed by atoms with Gasteiger partial charge in [-0.25, -0.2) is 4.79 Å². The van der Waals surface area contributed by atoms with E-state index >= 15 is 0 Å². The third kappa shape index (κ3) is 3.04. The maximum absolute atomic E-state index is 11.9. The van der Waals surface area contributed by atoms with E-state index in [1.807, 2.05) is 0 Å². The number of piperidine rings is 1. The number of likely N-dealkylation sites (tertiary alicyclic amines) is 1. The van der Waals surface area contributed by atoms with E-state index in [2.05, 4.69) is 4.74 Å². The molecule has 0 aromatic heterocycles. The van der Waals surface area contributed by atoms with Gasteiger partial charge >= 0.3 is 12.5 Å². The van der Waals surface area contributed by atoms with Crippen LogP contribution in [-0.2, 0) is 4.74 Å². The predicted molar refractivity (Wildman–Crippen MR) is 54.2 cm³/mol. The lowest BCUT2D eigenvalue weighted by molar-refractivity contribution is -0.295. The largest absolute Gasteiger partial charge is 0.576 e. The Kier molecular flexibility index (Phi) is 3.23. The molecule has 1 amide bonds. The summed E-state index contributed by atoms with van der Waals surface area (Å²) in [5, 5.41) is 0. The fraction of sp³-hybridized carbons (Fsp3) is 0.909. The van der Waals surface area contributed by atoms with Crippen molar-refractivity contribution in [2.75, 3.05) is 13.1 Å². The van der Waals surface area contributed by atoms with Crippen molar-refractivity contribution < 1.29 is 22.7 Å². The summed E-state index contributed by atoms with van der Waals surface area (Å²) in [4.78, 5) is 12.4. The van der Waals surface area contributed by atoms with Gasteiger partial charge in [0.05, 0.1) is 0 Å². The molecule has 2 rings (SSSR count). The minimum absolute atomic E-state index is 0.287. The van der Waals surface area contributed by atoms with Gasteiger partial charge in [0.2, 0.25) is 0 Å². The number of carbonyl (C=O) groups is 1. The minimum Gasteiger partial charge on any atom is -0.356 e. The zero-order chi connectivity index (χ0) is 12.5. The summed E-state index contributed by atoms with van der Waals surface area (Å²) in [7, 11) is 0. The van der Waals surface area contributed by atoms with Crippen LogP contribution in [0.25, 0.3) is 0 Å². The molecular weight excluding hydrogens is 235 g/mol. The Hall–Kier alpha value is -0.940. The van der Waals surface area contributed by atoms with E-state index in [1.165, 1.54) is 12.8 Å². The first-order valence-corrected chi connectivity index (χ1v) is 5.95. The summed E-state index contributed by atoms with van der Waals surface area (Å²) in [5.41, 5.74) is 0.287. The zero-order valence-electron chi connectivity index (χ0n) is 9.55. The fourth-order valence-electron chi connectivity index (χ4n) is 2.95. The Morgan fingerprint density at radius 1 is 1.06 bits per heavy atom. The lowest BCUT2D eigenvalue weighted by atomic mass is 9.77. The molecule has 98 valence electrons. The second-order valence-corrected chi connectivity index (χ2v) is 5.01. The van der Waals surface area contributed by atoms with Gasteiger partial charge in [0.25, 0.3) is 0 Å². The highest BCUT2D eigenvalue weighted by molar-refractivity contribution is 5.67. The zero-order valence-corrected chi connectivity index (χ0v) is 9.55. The molecule has 2 fully saturated rings. The molecule has 1 spiro atoms. The van der Waals surface area contributed by atoms with Crippen molar-refractivity contribution in [1.82, 2.24) is 4.90 Å². The third-order valence-electron chi connectivity index (χ3n) is 3.95. The van der Waals surface area contributed by atoms with Gasteiger partial charge in [-0.1, -0.05) is 12.8 Å². The third-order valence-corrected chi connectivity index (χ3v) is 3.95. The first kappa shape index (κ1) is 12.5. The smallest absolute Gasteiger partial charge is 0.356 e. The number of ether oxygens (including phenoxy) is 1. The molecule has 1 saturated heterocycles. The summed E-state index contributed by atoms with van der Waals surface area (Å²) in [6.45, 7) is 0.768. The van der Waals surface area contributed by atoms with Crippen molar-refractivity contribution in [3.05, 3.63) is 0 Å². The number of amides is 1. The van der Waals surface area contributed by atoms with E-state index in [-0.39, 0.29) is 5.41 Å².